The van der Waals surface area contributed by atoms with Crippen molar-refractivity contribution in [2.75, 3.05) is 24.5 Å². The van der Waals surface area contributed by atoms with E-state index in [1.807, 2.05) is 30.3 Å². The summed E-state index contributed by atoms with van der Waals surface area (Å²) in [6.07, 6.45) is 5.80. The van der Waals surface area contributed by atoms with Crippen LogP contribution in [-0.4, -0.2) is 30.5 Å². The molecule has 2 heterocycles. The van der Waals surface area contributed by atoms with Gasteiger partial charge in [0.15, 0.2) is 0 Å². The molecular weight excluding hydrogens is 310 g/mol. The molecule has 0 spiro atoms. The van der Waals surface area contributed by atoms with E-state index >= 15 is 0 Å². The number of anilines is 1. The van der Waals surface area contributed by atoms with Gasteiger partial charge in [-0.1, -0.05) is 44.9 Å². The van der Waals surface area contributed by atoms with Gasteiger partial charge in [0.05, 0.1) is 11.1 Å². The smallest absolute Gasteiger partial charge is 0.252 e. The number of pyridine rings is 1. The first-order chi connectivity index (χ1) is 12.2. The second-order valence-corrected chi connectivity index (χ2v) is 7.20. The maximum absolute atomic E-state index is 12.8. The van der Waals surface area contributed by atoms with Crippen molar-refractivity contribution in [1.29, 1.82) is 0 Å². The summed E-state index contributed by atoms with van der Waals surface area (Å²) in [5, 5.41) is 4.01. The van der Waals surface area contributed by atoms with Crippen LogP contribution in [0.2, 0.25) is 0 Å². The summed E-state index contributed by atoms with van der Waals surface area (Å²) >= 11 is 0. The number of carbonyl (C=O) groups excluding carboxylic acids is 1. The summed E-state index contributed by atoms with van der Waals surface area (Å²) in [7, 11) is 0. The van der Waals surface area contributed by atoms with Gasteiger partial charge in [0, 0.05) is 25.0 Å². The van der Waals surface area contributed by atoms with Crippen molar-refractivity contribution in [2.45, 2.75) is 46.0 Å². The van der Waals surface area contributed by atoms with Crippen molar-refractivity contribution in [3.05, 3.63) is 35.9 Å². The molecule has 2 aromatic rings. The average molecular weight is 339 g/mol. The van der Waals surface area contributed by atoms with Gasteiger partial charge in [0.25, 0.3) is 5.91 Å². The number of piperidine rings is 1. The Morgan fingerprint density at radius 3 is 2.96 bits per heavy atom. The van der Waals surface area contributed by atoms with Crippen LogP contribution in [0, 0.1) is 5.92 Å². The zero-order valence-electron chi connectivity index (χ0n) is 15.4. The van der Waals surface area contributed by atoms with Crippen LogP contribution in [0.5, 0.6) is 0 Å². The van der Waals surface area contributed by atoms with Gasteiger partial charge in [0.2, 0.25) is 0 Å². The minimum atomic E-state index is 0.0148. The van der Waals surface area contributed by atoms with Crippen LogP contribution < -0.4 is 10.2 Å². The number of amides is 1. The molecule has 1 aromatic heterocycles. The van der Waals surface area contributed by atoms with Crippen LogP contribution in [0.25, 0.3) is 10.9 Å². The Labute approximate surface area is 150 Å². The highest BCUT2D eigenvalue weighted by atomic mass is 16.1. The molecule has 0 radical (unpaired) electrons. The SMILES string of the molecule is CCCCCNC(=O)c1cc(N2CCC[C@@H](C)C2)nc2ccccc12. The van der Waals surface area contributed by atoms with E-state index in [0.29, 0.717) is 5.92 Å². The van der Waals surface area contributed by atoms with E-state index in [0.717, 1.165) is 61.2 Å². The lowest BCUT2D eigenvalue weighted by Gasteiger charge is -2.32. The van der Waals surface area contributed by atoms with E-state index in [4.69, 9.17) is 4.98 Å². The highest BCUT2D eigenvalue weighted by Gasteiger charge is 2.20. The van der Waals surface area contributed by atoms with Crippen LogP contribution in [0.3, 0.4) is 0 Å². The zero-order valence-corrected chi connectivity index (χ0v) is 15.4. The van der Waals surface area contributed by atoms with E-state index < -0.39 is 0 Å². The van der Waals surface area contributed by atoms with Gasteiger partial charge in [-0.3, -0.25) is 4.79 Å². The molecule has 0 bridgehead atoms. The van der Waals surface area contributed by atoms with Crippen molar-refractivity contribution < 1.29 is 4.79 Å². The summed E-state index contributed by atoms with van der Waals surface area (Å²) in [6.45, 7) is 7.23. The van der Waals surface area contributed by atoms with Gasteiger partial charge < -0.3 is 10.2 Å². The Bertz CT molecular complexity index is 728. The molecule has 1 saturated heterocycles. The largest absolute Gasteiger partial charge is 0.356 e. The molecule has 1 amide bonds. The van der Waals surface area contributed by atoms with E-state index in [2.05, 4.69) is 24.1 Å². The maximum atomic E-state index is 12.8. The second-order valence-electron chi connectivity index (χ2n) is 7.20. The molecule has 3 rings (SSSR count). The highest BCUT2D eigenvalue weighted by Crippen LogP contribution is 2.26. The first-order valence-corrected chi connectivity index (χ1v) is 9.62. The minimum absolute atomic E-state index is 0.0148. The summed E-state index contributed by atoms with van der Waals surface area (Å²) < 4.78 is 0. The summed E-state index contributed by atoms with van der Waals surface area (Å²) in [5.74, 6) is 1.62. The van der Waals surface area contributed by atoms with Gasteiger partial charge in [-0.05, 0) is 37.3 Å². The number of para-hydroxylation sites is 1. The van der Waals surface area contributed by atoms with Crippen LogP contribution in [0.1, 0.15) is 56.3 Å². The fraction of sp³-hybridized carbons (Fsp3) is 0.524. The third-order valence-electron chi connectivity index (χ3n) is 4.99. The molecule has 1 atom stereocenters. The fourth-order valence-electron chi connectivity index (χ4n) is 3.58. The van der Waals surface area contributed by atoms with Gasteiger partial charge in [-0.15, -0.1) is 0 Å². The molecule has 1 aliphatic rings. The second kappa shape index (κ2) is 8.32. The molecule has 1 aliphatic heterocycles. The number of nitrogens with zero attached hydrogens (tertiary/aromatic N) is 2. The Hall–Kier alpha value is -2.10. The van der Waals surface area contributed by atoms with Gasteiger partial charge in [0.1, 0.15) is 5.82 Å². The first kappa shape index (κ1) is 17.7. The van der Waals surface area contributed by atoms with Crippen molar-refractivity contribution >= 4 is 22.6 Å². The van der Waals surface area contributed by atoms with E-state index in [-0.39, 0.29) is 5.91 Å². The third kappa shape index (κ3) is 4.30. The summed E-state index contributed by atoms with van der Waals surface area (Å²) in [6, 6.07) is 9.93. The molecule has 0 unspecified atom stereocenters. The highest BCUT2D eigenvalue weighted by molar-refractivity contribution is 6.07. The van der Waals surface area contributed by atoms with Crippen molar-refractivity contribution in [2.24, 2.45) is 5.92 Å². The first-order valence-electron chi connectivity index (χ1n) is 9.62. The molecule has 134 valence electrons. The predicted octanol–water partition coefficient (Wildman–Crippen LogP) is 4.39. The van der Waals surface area contributed by atoms with Gasteiger partial charge >= 0.3 is 0 Å². The Morgan fingerprint density at radius 1 is 1.32 bits per heavy atom. The van der Waals surface area contributed by atoms with Crippen LogP contribution in [0.15, 0.2) is 30.3 Å². The molecule has 4 nitrogen and oxygen atoms in total. The molecule has 1 aromatic carbocycles. The van der Waals surface area contributed by atoms with E-state index in [1.54, 1.807) is 0 Å². The lowest BCUT2D eigenvalue weighted by atomic mass is 10.00. The lowest BCUT2D eigenvalue weighted by Crippen LogP contribution is -2.35. The number of hydrogen-bond acceptors (Lipinski definition) is 3. The Morgan fingerprint density at radius 2 is 2.16 bits per heavy atom. The molecular formula is C21H29N3O. The van der Waals surface area contributed by atoms with E-state index in [9.17, 15) is 4.79 Å². The Balaban J connectivity index is 1.88. The monoisotopic (exact) mass is 339 g/mol. The normalized spacial score (nSPS) is 17.7. The minimum Gasteiger partial charge on any atom is -0.356 e. The molecule has 0 aliphatic carbocycles. The van der Waals surface area contributed by atoms with Gasteiger partial charge in [-0.2, -0.15) is 0 Å². The number of aromatic nitrogens is 1. The summed E-state index contributed by atoms with van der Waals surface area (Å²) in [5.41, 5.74) is 1.65. The van der Waals surface area contributed by atoms with Crippen LogP contribution in [0.4, 0.5) is 5.82 Å². The summed E-state index contributed by atoms with van der Waals surface area (Å²) in [4.78, 5) is 19.9. The zero-order chi connectivity index (χ0) is 17.6. The number of benzene rings is 1. The number of unbranched alkanes of at least 4 members (excludes halogenated alkanes) is 2. The fourth-order valence-corrected chi connectivity index (χ4v) is 3.58. The molecule has 1 fully saturated rings. The molecule has 0 saturated carbocycles. The molecule has 1 N–H and O–H groups in total. The maximum Gasteiger partial charge on any atom is 0.252 e. The standard InChI is InChI=1S/C21H29N3O/c1-3-4-7-12-22-21(25)18-14-20(24-13-8-9-16(2)15-24)23-19-11-6-5-10-17(18)19/h5-6,10-11,14,16H,3-4,7-9,12-13,15H2,1-2H3,(H,22,25)/t16-/m1/s1. The van der Waals surface area contributed by atoms with E-state index in [1.165, 1.54) is 12.8 Å². The predicted molar refractivity (Wildman–Crippen MR) is 104 cm³/mol. The third-order valence-corrected chi connectivity index (χ3v) is 4.99. The van der Waals surface area contributed by atoms with Crippen LogP contribution >= 0.6 is 0 Å². The lowest BCUT2D eigenvalue weighted by molar-refractivity contribution is 0.0954. The van der Waals surface area contributed by atoms with Gasteiger partial charge in [-0.25, -0.2) is 4.98 Å². The number of hydrogen-bond donors (Lipinski definition) is 1. The number of fused-ring (bicyclic) bond motifs is 1. The van der Waals surface area contributed by atoms with Crippen molar-refractivity contribution in [1.82, 2.24) is 10.3 Å². The van der Waals surface area contributed by atoms with Crippen LogP contribution in [-0.2, 0) is 0 Å². The quantitative estimate of drug-likeness (QED) is 0.794. The average Bonchev–Trinajstić information content (AvgIpc) is 2.64. The topological polar surface area (TPSA) is 45.2 Å². The number of carbonyl (C=O) groups is 1. The molecule has 4 heteroatoms. The molecule has 25 heavy (non-hydrogen) atoms. The number of nitrogens with one attached hydrogen (secondary N) is 1. The van der Waals surface area contributed by atoms with Crippen molar-refractivity contribution in [3.8, 4) is 0 Å². The Kier molecular flexibility index (Phi) is 5.90. The van der Waals surface area contributed by atoms with Crippen molar-refractivity contribution in [3.63, 3.8) is 0 Å². The number of rotatable bonds is 6.